The molecule has 4 rings (SSSR count). The lowest BCUT2D eigenvalue weighted by Gasteiger charge is -2.23. The maximum atomic E-state index is 14.5. The van der Waals surface area contributed by atoms with Crippen LogP contribution in [0.2, 0.25) is 5.02 Å². The predicted molar refractivity (Wildman–Crippen MR) is 110 cm³/mol. The molecule has 3 aromatic rings. The number of rotatable bonds is 5. The van der Waals surface area contributed by atoms with Gasteiger partial charge in [-0.25, -0.2) is 18.8 Å². The summed E-state index contributed by atoms with van der Waals surface area (Å²) in [6, 6.07) is 12.9. The monoisotopic (exact) mass is 413 g/mol. The average Bonchev–Trinajstić information content (AvgIpc) is 2.72. The van der Waals surface area contributed by atoms with Gasteiger partial charge in [0.15, 0.2) is 6.23 Å². The summed E-state index contributed by atoms with van der Waals surface area (Å²) in [6.07, 6.45) is 1.28. The van der Waals surface area contributed by atoms with E-state index in [0.717, 1.165) is 16.8 Å². The largest absolute Gasteiger partial charge is 0.351 e. The Kier molecular flexibility index (Phi) is 5.56. The van der Waals surface area contributed by atoms with Crippen LogP contribution in [0.25, 0.3) is 11.3 Å². The number of hydrogen-bond donors (Lipinski definition) is 1. The standard InChI is InChI=1S/C22H18ClF2N3O/c1-2-29-22-21-20(26-12-27-22)15(10-14-4-3-5-17(23)19(14)25)11-18(28-21)13-6-8-16(24)9-7-13/h3-9,11-12,22H,2,10H2,1H3,(H,26,27). The summed E-state index contributed by atoms with van der Waals surface area (Å²) in [5, 5.41) is 3.19. The van der Waals surface area contributed by atoms with Crippen LogP contribution >= 0.6 is 11.6 Å². The topological polar surface area (TPSA) is 46.5 Å². The zero-order valence-electron chi connectivity index (χ0n) is 15.6. The fraction of sp³-hybridized carbons (Fsp3) is 0.182. The molecule has 1 aliphatic rings. The molecule has 0 amide bonds. The summed E-state index contributed by atoms with van der Waals surface area (Å²) < 4.78 is 33.6. The minimum atomic E-state index is -0.570. The third-order valence-corrected chi connectivity index (χ3v) is 4.95. The van der Waals surface area contributed by atoms with Crippen LogP contribution in [-0.2, 0) is 11.2 Å². The van der Waals surface area contributed by atoms with Crippen LogP contribution in [0, 0.1) is 11.6 Å². The van der Waals surface area contributed by atoms with Gasteiger partial charge in [0.25, 0.3) is 0 Å². The number of hydrogen-bond acceptors (Lipinski definition) is 4. The molecular weight excluding hydrogens is 396 g/mol. The third kappa shape index (κ3) is 3.99. The molecule has 1 atom stereocenters. The fourth-order valence-corrected chi connectivity index (χ4v) is 3.48. The highest BCUT2D eigenvalue weighted by Gasteiger charge is 2.24. The summed E-state index contributed by atoms with van der Waals surface area (Å²) in [4.78, 5) is 9.03. The lowest BCUT2D eigenvalue weighted by atomic mass is 9.98. The smallest absolute Gasteiger partial charge is 0.194 e. The van der Waals surface area contributed by atoms with Gasteiger partial charge in [-0.1, -0.05) is 23.7 Å². The van der Waals surface area contributed by atoms with Crippen LogP contribution in [0.15, 0.2) is 53.5 Å². The second-order valence-electron chi connectivity index (χ2n) is 6.55. The first-order chi connectivity index (χ1) is 14.1. The lowest BCUT2D eigenvalue weighted by molar-refractivity contribution is 0.0665. The molecule has 148 valence electrons. The SMILES string of the molecule is CCOC1N=CNc2c(Cc3cccc(Cl)c3F)cc(-c3ccc(F)cc3)nc21. The third-order valence-electron chi connectivity index (χ3n) is 4.66. The van der Waals surface area contributed by atoms with Gasteiger partial charge in [0, 0.05) is 18.6 Å². The number of nitrogens with one attached hydrogen (secondary N) is 1. The van der Waals surface area contributed by atoms with Gasteiger partial charge in [0.05, 0.1) is 22.7 Å². The highest BCUT2D eigenvalue weighted by Crippen LogP contribution is 2.35. The number of halogens is 3. The van der Waals surface area contributed by atoms with E-state index in [9.17, 15) is 8.78 Å². The van der Waals surface area contributed by atoms with Gasteiger partial charge in [0.1, 0.15) is 17.3 Å². The number of nitrogens with zero attached hydrogens (tertiary/aromatic N) is 2. The van der Waals surface area contributed by atoms with Crippen molar-refractivity contribution in [3.63, 3.8) is 0 Å². The van der Waals surface area contributed by atoms with Gasteiger partial charge in [-0.05, 0) is 54.4 Å². The number of anilines is 1. The normalized spacial score (nSPS) is 15.1. The maximum absolute atomic E-state index is 14.5. The Bertz CT molecular complexity index is 1070. The molecule has 1 unspecified atom stereocenters. The van der Waals surface area contributed by atoms with E-state index in [1.54, 1.807) is 30.6 Å². The summed E-state index contributed by atoms with van der Waals surface area (Å²) in [7, 11) is 0. The lowest BCUT2D eigenvalue weighted by Crippen LogP contribution is -2.17. The van der Waals surface area contributed by atoms with Gasteiger partial charge in [-0.2, -0.15) is 0 Å². The van der Waals surface area contributed by atoms with E-state index in [2.05, 4.69) is 10.3 Å². The number of fused-ring (bicyclic) bond motifs is 1. The van der Waals surface area contributed by atoms with E-state index >= 15 is 0 Å². The summed E-state index contributed by atoms with van der Waals surface area (Å²) in [6.45, 7) is 2.34. The molecule has 0 fully saturated rings. The molecule has 29 heavy (non-hydrogen) atoms. The minimum absolute atomic E-state index is 0.0749. The Morgan fingerprint density at radius 3 is 2.66 bits per heavy atom. The van der Waals surface area contributed by atoms with Crippen molar-refractivity contribution in [2.24, 2.45) is 4.99 Å². The summed E-state index contributed by atoms with van der Waals surface area (Å²) in [5.41, 5.74) is 3.98. The molecule has 0 saturated carbocycles. The maximum Gasteiger partial charge on any atom is 0.194 e. The average molecular weight is 414 g/mol. The van der Waals surface area contributed by atoms with Crippen molar-refractivity contribution in [2.45, 2.75) is 19.6 Å². The summed E-state index contributed by atoms with van der Waals surface area (Å²) >= 11 is 5.95. The van der Waals surface area contributed by atoms with E-state index in [1.165, 1.54) is 18.2 Å². The first kappa shape index (κ1) is 19.5. The van der Waals surface area contributed by atoms with Crippen molar-refractivity contribution >= 4 is 23.6 Å². The Labute approximate surface area is 172 Å². The number of benzene rings is 2. The zero-order chi connectivity index (χ0) is 20.4. The van der Waals surface area contributed by atoms with Gasteiger partial charge >= 0.3 is 0 Å². The molecule has 0 saturated heterocycles. The summed E-state index contributed by atoms with van der Waals surface area (Å²) in [5.74, 6) is -0.778. The number of pyridine rings is 1. The molecule has 7 heteroatoms. The number of ether oxygens (including phenoxy) is 1. The van der Waals surface area contributed by atoms with Crippen molar-refractivity contribution in [1.29, 1.82) is 0 Å². The predicted octanol–water partition coefficient (Wildman–Crippen LogP) is 5.76. The molecule has 1 N–H and O–H groups in total. The molecule has 2 aromatic carbocycles. The molecular formula is C22H18ClF2N3O. The van der Waals surface area contributed by atoms with Crippen LogP contribution in [0.1, 0.15) is 30.0 Å². The highest BCUT2D eigenvalue weighted by molar-refractivity contribution is 6.30. The van der Waals surface area contributed by atoms with Gasteiger partial charge in [-0.15, -0.1) is 0 Å². The van der Waals surface area contributed by atoms with Crippen molar-refractivity contribution in [3.05, 3.63) is 82.0 Å². The van der Waals surface area contributed by atoms with E-state index in [-0.39, 0.29) is 10.8 Å². The minimum Gasteiger partial charge on any atom is -0.351 e. The van der Waals surface area contributed by atoms with E-state index in [4.69, 9.17) is 21.3 Å². The van der Waals surface area contributed by atoms with Crippen molar-refractivity contribution in [1.82, 2.24) is 4.98 Å². The van der Waals surface area contributed by atoms with Crippen LogP contribution in [0.5, 0.6) is 0 Å². The van der Waals surface area contributed by atoms with Crippen molar-refractivity contribution < 1.29 is 13.5 Å². The molecule has 0 aliphatic carbocycles. The Morgan fingerprint density at radius 2 is 1.90 bits per heavy atom. The van der Waals surface area contributed by atoms with Gasteiger partial charge < -0.3 is 10.1 Å². The van der Waals surface area contributed by atoms with E-state index in [0.29, 0.717) is 30.0 Å². The Morgan fingerprint density at radius 1 is 1.10 bits per heavy atom. The molecule has 4 nitrogen and oxygen atoms in total. The second-order valence-corrected chi connectivity index (χ2v) is 6.96. The fourth-order valence-electron chi connectivity index (χ4n) is 3.28. The Balaban J connectivity index is 1.85. The highest BCUT2D eigenvalue weighted by atomic mass is 35.5. The van der Waals surface area contributed by atoms with Crippen LogP contribution in [0.4, 0.5) is 14.5 Å². The first-order valence-electron chi connectivity index (χ1n) is 9.19. The van der Waals surface area contributed by atoms with Crippen LogP contribution in [-0.4, -0.2) is 17.9 Å². The van der Waals surface area contributed by atoms with Gasteiger partial charge in [0.2, 0.25) is 0 Å². The van der Waals surface area contributed by atoms with Gasteiger partial charge in [-0.3, -0.25) is 0 Å². The number of aliphatic imine (C=N–C) groups is 1. The van der Waals surface area contributed by atoms with Crippen molar-refractivity contribution in [2.75, 3.05) is 11.9 Å². The van der Waals surface area contributed by atoms with E-state index < -0.39 is 12.0 Å². The zero-order valence-corrected chi connectivity index (χ0v) is 16.4. The van der Waals surface area contributed by atoms with Crippen molar-refractivity contribution in [3.8, 4) is 11.3 Å². The molecule has 1 aromatic heterocycles. The van der Waals surface area contributed by atoms with Crippen LogP contribution < -0.4 is 5.32 Å². The number of aromatic nitrogens is 1. The molecule has 0 spiro atoms. The Hall–Kier alpha value is -2.83. The quantitative estimate of drug-likeness (QED) is 0.578. The van der Waals surface area contributed by atoms with E-state index in [1.807, 2.05) is 13.0 Å². The molecule has 2 heterocycles. The molecule has 0 radical (unpaired) electrons. The van der Waals surface area contributed by atoms with Crippen LogP contribution in [0.3, 0.4) is 0 Å². The molecule has 1 aliphatic heterocycles. The first-order valence-corrected chi connectivity index (χ1v) is 9.57. The second kappa shape index (κ2) is 8.27. The molecule has 0 bridgehead atoms.